The van der Waals surface area contributed by atoms with Crippen molar-refractivity contribution >= 4 is 28.8 Å². The molecule has 0 aliphatic carbocycles. The van der Waals surface area contributed by atoms with Crippen LogP contribution in [-0.2, 0) is 0 Å². The second-order valence-electron chi connectivity index (χ2n) is 5.88. The molecule has 0 aliphatic heterocycles. The Labute approximate surface area is 158 Å². The van der Waals surface area contributed by atoms with Gasteiger partial charge >= 0.3 is 0 Å². The normalized spacial score (nSPS) is 10.9. The molecule has 0 bridgehead atoms. The van der Waals surface area contributed by atoms with Crippen molar-refractivity contribution in [3.05, 3.63) is 77.0 Å². The van der Waals surface area contributed by atoms with Crippen LogP contribution in [0.1, 0.15) is 16.2 Å². The van der Waals surface area contributed by atoms with Crippen LogP contribution in [0.5, 0.6) is 0 Å². The van der Waals surface area contributed by atoms with E-state index in [0.29, 0.717) is 17.0 Å². The molecule has 0 radical (unpaired) electrons. The van der Waals surface area contributed by atoms with Gasteiger partial charge in [0.25, 0.3) is 5.91 Å². The lowest BCUT2D eigenvalue weighted by molar-refractivity contribution is 0.102. The third-order valence-corrected chi connectivity index (χ3v) is 4.42. The zero-order valence-electron chi connectivity index (χ0n) is 14.1. The number of amides is 1. The molecule has 1 N–H and O–H groups in total. The van der Waals surface area contributed by atoms with Crippen molar-refractivity contribution < 1.29 is 9.18 Å². The standard InChI is InChI=1S/C19H13ClFN5O/c1-11-17(19(27)23-13-7-8-16(21)15(20)9-13)24-25-18-14(10-22-26(11)18)12-5-3-2-4-6-12/h2-10H,1H3,(H,23,27). The Morgan fingerprint density at radius 2 is 1.93 bits per heavy atom. The first-order chi connectivity index (χ1) is 13.0. The maximum absolute atomic E-state index is 13.3. The highest BCUT2D eigenvalue weighted by molar-refractivity contribution is 6.31. The molecular formula is C19H13ClFN5O. The minimum absolute atomic E-state index is 0.0781. The summed E-state index contributed by atoms with van der Waals surface area (Å²) in [5, 5.41) is 15.1. The Balaban J connectivity index is 1.69. The van der Waals surface area contributed by atoms with E-state index in [1.165, 1.54) is 18.2 Å². The monoisotopic (exact) mass is 381 g/mol. The van der Waals surface area contributed by atoms with E-state index in [0.717, 1.165) is 11.1 Å². The molecule has 0 saturated heterocycles. The molecule has 0 unspecified atom stereocenters. The van der Waals surface area contributed by atoms with Crippen molar-refractivity contribution in [3.63, 3.8) is 0 Å². The van der Waals surface area contributed by atoms with Gasteiger partial charge in [0.1, 0.15) is 5.82 Å². The van der Waals surface area contributed by atoms with Gasteiger partial charge in [-0.15, -0.1) is 10.2 Å². The molecule has 4 rings (SSSR count). The number of nitrogens with one attached hydrogen (secondary N) is 1. The van der Waals surface area contributed by atoms with E-state index in [2.05, 4.69) is 20.6 Å². The molecule has 2 aromatic heterocycles. The average molecular weight is 382 g/mol. The third kappa shape index (κ3) is 3.13. The van der Waals surface area contributed by atoms with Gasteiger partial charge in [0.15, 0.2) is 11.3 Å². The van der Waals surface area contributed by atoms with Crippen molar-refractivity contribution in [3.8, 4) is 11.1 Å². The van der Waals surface area contributed by atoms with Crippen LogP contribution >= 0.6 is 11.6 Å². The molecule has 4 aromatic rings. The lowest BCUT2D eigenvalue weighted by Crippen LogP contribution is -2.18. The zero-order chi connectivity index (χ0) is 19.0. The van der Waals surface area contributed by atoms with Crippen LogP contribution in [-0.4, -0.2) is 25.7 Å². The largest absolute Gasteiger partial charge is 0.320 e. The lowest BCUT2D eigenvalue weighted by atomic mass is 10.1. The summed E-state index contributed by atoms with van der Waals surface area (Å²) in [6.07, 6.45) is 1.69. The van der Waals surface area contributed by atoms with Gasteiger partial charge < -0.3 is 5.32 Å². The summed E-state index contributed by atoms with van der Waals surface area (Å²) < 4.78 is 14.8. The van der Waals surface area contributed by atoms with Crippen LogP contribution in [0, 0.1) is 12.7 Å². The molecule has 0 spiro atoms. The number of fused-ring (bicyclic) bond motifs is 1. The Bertz CT molecular complexity index is 1160. The maximum atomic E-state index is 13.3. The van der Waals surface area contributed by atoms with Gasteiger partial charge in [0, 0.05) is 11.3 Å². The van der Waals surface area contributed by atoms with Crippen molar-refractivity contribution in [2.24, 2.45) is 0 Å². The fourth-order valence-electron chi connectivity index (χ4n) is 2.75. The number of nitrogens with zero attached hydrogens (tertiary/aromatic N) is 4. The molecule has 0 atom stereocenters. The first-order valence-corrected chi connectivity index (χ1v) is 8.45. The Hall–Kier alpha value is -3.32. The van der Waals surface area contributed by atoms with Crippen molar-refractivity contribution in [1.29, 1.82) is 0 Å². The summed E-state index contributed by atoms with van der Waals surface area (Å²) in [6.45, 7) is 1.73. The van der Waals surface area contributed by atoms with Gasteiger partial charge in [0.2, 0.25) is 0 Å². The quantitative estimate of drug-likeness (QED) is 0.578. The fourth-order valence-corrected chi connectivity index (χ4v) is 2.93. The first-order valence-electron chi connectivity index (χ1n) is 8.07. The van der Waals surface area contributed by atoms with Gasteiger partial charge in [-0.25, -0.2) is 8.91 Å². The minimum atomic E-state index is -0.558. The topological polar surface area (TPSA) is 72.2 Å². The van der Waals surface area contributed by atoms with Gasteiger partial charge in [-0.2, -0.15) is 5.10 Å². The highest BCUT2D eigenvalue weighted by Gasteiger charge is 2.18. The van der Waals surface area contributed by atoms with Gasteiger partial charge in [-0.1, -0.05) is 41.9 Å². The van der Waals surface area contributed by atoms with E-state index < -0.39 is 11.7 Å². The van der Waals surface area contributed by atoms with Gasteiger partial charge in [0.05, 0.1) is 16.9 Å². The van der Waals surface area contributed by atoms with Crippen LogP contribution in [0.2, 0.25) is 5.02 Å². The second kappa shape index (κ2) is 6.77. The maximum Gasteiger partial charge on any atom is 0.278 e. The number of anilines is 1. The lowest BCUT2D eigenvalue weighted by Gasteiger charge is -2.08. The Kier molecular flexibility index (Phi) is 4.29. The first kappa shape index (κ1) is 17.1. The van der Waals surface area contributed by atoms with Crippen LogP contribution in [0.3, 0.4) is 0 Å². The highest BCUT2D eigenvalue weighted by atomic mass is 35.5. The molecule has 0 fully saturated rings. The molecule has 2 heterocycles. The zero-order valence-corrected chi connectivity index (χ0v) is 14.9. The number of halogens is 2. The summed E-state index contributed by atoms with van der Waals surface area (Å²) in [7, 11) is 0. The van der Waals surface area contributed by atoms with Gasteiger partial charge in [-0.3, -0.25) is 4.79 Å². The van der Waals surface area contributed by atoms with Crippen LogP contribution < -0.4 is 5.32 Å². The number of aryl methyl sites for hydroxylation is 1. The van der Waals surface area contributed by atoms with E-state index in [1.807, 2.05) is 30.3 Å². The predicted octanol–water partition coefficient (Wildman–Crippen LogP) is 4.14. The number of hydrogen-bond acceptors (Lipinski definition) is 4. The minimum Gasteiger partial charge on any atom is -0.320 e. The van der Waals surface area contributed by atoms with Crippen molar-refractivity contribution in [2.45, 2.75) is 6.92 Å². The summed E-state index contributed by atoms with van der Waals surface area (Å²) in [5.41, 5.74) is 3.35. The van der Waals surface area contributed by atoms with E-state index in [9.17, 15) is 9.18 Å². The van der Waals surface area contributed by atoms with E-state index in [1.54, 1.807) is 17.6 Å². The summed E-state index contributed by atoms with van der Waals surface area (Å²) >= 11 is 5.75. The number of carbonyl (C=O) groups excluding carboxylic acids is 1. The summed E-state index contributed by atoms with van der Waals surface area (Å²) in [5.74, 6) is -1.04. The van der Waals surface area contributed by atoms with E-state index >= 15 is 0 Å². The molecule has 2 aromatic carbocycles. The van der Waals surface area contributed by atoms with Crippen LogP contribution in [0.4, 0.5) is 10.1 Å². The average Bonchev–Trinajstić information content (AvgIpc) is 3.11. The van der Waals surface area contributed by atoms with Gasteiger partial charge in [-0.05, 0) is 30.7 Å². The molecule has 8 heteroatoms. The van der Waals surface area contributed by atoms with Crippen LogP contribution in [0.15, 0.2) is 54.7 Å². The molecular weight excluding hydrogens is 369 g/mol. The van der Waals surface area contributed by atoms with E-state index in [4.69, 9.17) is 11.6 Å². The van der Waals surface area contributed by atoms with Crippen LogP contribution in [0.25, 0.3) is 16.8 Å². The second-order valence-corrected chi connectivity index (χ2v) is 6.28. The number of rotatable bonds is 3. The smallest absolute Gasteiger partial charge is 0.278 e. The van der Waals surface area contributed by atoms with E-state index in [-0.39, 0.29) is 10.7 Å². The number of hydrogen-bond donors (Lipinski definition) is 1. The Morgan fingerprint density at radius 1 is 1.15 bits per heavy atom. The highest BCUT2D eigenvalue weighted by Crippen LogP contribution is 2.24. The fraction of sp³-hybridized carbons (Fsp3) is 0.0526. The summed E-state index contributed by atoms with van der Waals surface area (Å²) in [6, 6.07) is 13.6. The predicted molar refractivity (Wildman–Crippen MR) is 100 cm³/mol. The van der Waals surface area contributed by atoms with Crippen molar-refractivity contribution in [1.82, 2.24) is 19.8 Å². The van der Waals surface area contributed by atoms with Crippen molar-refractivity contribution in [2.75, 3.05) is 5.32 Å². The number of carbonyl (C=O) groups is 1. The third-order valence-electron chi connectivity index (χ3n) is 4.13. The molecule has 134 valence electrons. The SMILES string of the molecule is Cc1c(C(=O)Nc2ccc(F)c(Cl)c2)nnc2c(-c3ccccc3)cnn12. The molecule has 0 saturated carbocycles. The molecule has 0 aliphatic rings. The molecule has 6 nitrogen and oxygen atoms in total. The summed E-state index contributed by atoms with van der Waals surface area (Å²) in [4.78, 5) is 12.6. The number of aromatic nitrogens is 4. The number of benzene rings is 2. The molecule has 1 amide bonds. The molecule has 27 heavy (non-hydrogen) atoms. The Morgan fingerprint density at radius 3 is 2.67 bits per heavy atom.